The number of hydrogen-bond donors (Lipinski definition) is 0. The fourth-order valence-electron chi connectivity index (χ4n) is 4.79. The number of aromatic nitrogens is 1. The lowest BCUT2D eigenvalue weighted by Gasteiger charge is -2.34. The van der Waals surface area contributed by atoms with E-state index >= 15 is 0 Å². The number of carbonyl (C=O) groups is 1. The van der Waals surface area contributed by atoms with Crippen molar-refractivity contribution in [3.63, 3.8) is 0 Å². The van der Waals surface area contributed by atoms with Crippen molar-refractivity contribution >= 4 is 5.91 Å². The molecule has 148 valence electrons. The van der Waals surface area contributed by atoms with E-state index in [2.05, 4.69) is 11.0 Å². The number of likely N-dealkylation sites (tertiary alicyclic amines) is 1. The predicted molar refractivity (Wildman–Crippen MR) is 109 cm³/mol. The first kappa shape index (κ1) is 19.1. The molecule has 3 nitrogen and oxygen atoms in total. The van der Waals surface area contributed by atoms with Crippen LogP contribution >= 0.6 is 0 Å². The van der Waals surface area contributed by atoms with Gasteiger partial charge in [-0.25, -0.2) is 4.39 Å². The lowest BCUT2D eigenvalue weighted by Crippen LogP contribution is -2.42. The average Bonchev–Trinajstić information content (AvgIpc) is 3.24. The Hall–Kier alpha value is -2.23. The minimum absolute atomic E-state index is 0.162. The van der Waals surface area contributed by atoms with E-state index in [1.54, 1.807) is 6.07 Å². The molecule has 4 heteroatoms. The van der Waals surface area contributed by atoms with Crippen molar-refractivity contribution in [1.29, 1.82) is 0 Å². The Bertz CT molecular complexity index is 844. The maximum Gasteiger partial charge on any atom is 0.225 e. The van der Waals surface area contributed by atoms with Crippen LogP contribution in [-0.2, 0) is 11.2 Å². The molecule has 1 amide bonds. The highest BCUT2D eigenvalue weighted by Gasteiger charge is 2.31. The van der Waals surface area contributed by atoms with Crippen LogP contribution in [-0.4, -0.2) is 28.9 Å². The van der Waals surface area contributed by atoms with Crippen molar-refractivity contribution in [3.8, 4) is 0 Å². The highest BCUT2D eigenvalue weighted by molar-refractivity contribution is 5.79. The lowest BCUT2D eigenvalue weighted by atomic mass is 9.91. The van der Waals surface area contributed by atoms with Gasteiger partial charge in [-0.2, -0.15) is 0 Å². The molecule has 2 aromatic rings. The van der Waals surface area contributed by atoms with Gasteiger partial charge in [0.15, 0.2) is 0 Å². The Morgan fingerprint density at radius 3 is 2.71 bits per heavy atom. The molecule has 1 saturated carbocycles. The second-order valence-corrected chi connectivity index (χ2v) is 8.41. The molecule has 0 bridgehead atoms. The van der Waals surface area contributed by atoms with Crippen LogP contribution in [0.2, 0.25) is 0 Å². The van der Waals surface area contributed by atoms with Crippen molar-refractivity contribution in [2.24, 2.45) is 5.92 Å². The molecule has 0 radical (unpaired) electrons. The van der Waals surface area contributed by atoms with Gasteiger partial charge >= 0.3 is 0 Å². The fraction of sp³-hybridized carbons (Fsp3) is 0.500. The van der Waals surface area contributed by atoms with Crippen LogP contribution in [0.15, 0.2) is 36.4 Å². The van der Waals surface area contributed by atoms with E-state index in [9.17, 15) is 9.18 Å². The number of halogens is 1. The third kappa shape index (κ3) is 4.26. The van der Waals surface area contributed by atoms with Crippen LogP contribution in [0.25, 0.3) is 0 Å². The van der Waals surface area contributed by atoms with Crippen LogP contribution in [0.3, 0.4) is 0 Å². The van der Waals surface area contributed by atoms with E-state index in [-0.39, 0.29) is 17.7 Å². The summed E-state index contributed by atoms with van der Waals surface area (Å²) in [4.78, 5) is 19.7. The third-order valence-corrected chi connectivity index (χ3v) is 6.24. The van der Waals surface area contributed by atoms with Crippen LogP contribution in [0.5, 0.6) is 0 Å². The quantitative estimate of drug-likeness (QED) is 0.746. The molecule has 1 aliphatic carbocycles. The van der Waals surface area contributed by atoms with E-state index in [1.807, 2.05) is 25.1 Å². The first-order valence-electron chi connectivity index (χ1n) is 10.6. The van der Waals surface area contributed by atoms with E-state index < -0.39 is 0 Å². The number of hydrogen-bond acceptors (Lipinski definition) is 2. The Morgan fingerprint density at radius 2 is 1.93 bits per heavy atom. The van der Waals surface area contributed by atoms with Crippen molar-refractivity contribution in [2.45, 2.75) is 57.8 Å². The van der Waals surface area contributed by atoms with Crippen LogP contribution in [0.1, 0.15) is 67.0 Å². The average molecular weight is 381 g/mol. The largest absolute Gasteiger partial charge is 0.342 e. The first-order valence-corrected chi connectivity index (χ1v) is 10.6. The number of piperidine rings is 1. The summed E-state index contributed by atoms with van der Waals surface area (Å²) >= 11 is 0. The van der Waals surface area contributed by atoms with Crippen molar-refractivity contribution in [2.75, 3.05) is 13.1 Å². The minimum atomic E-state index is -0.162. The maximum atomic E-state index is 14.1. The molecule has 2 aliphatic rings. The summed E-state index contributed by atoms with van der Waals surface area (Å²) in [5, 5.41) is 0. The van der Waals surface area contributed by atoms with Crippen molar-refractivity contribution < 1.29 is 9.18 Å². The van der Waals surface area contributed by atoms with Gasteiger partial charge in [-0.05, 0) is 61.9 Å². The zero-order chi connectivity index (χ0) is 19.5. The number of pyridine rings is 1. The number of amides is 1. The number of nitrogens with zero attached hydrogens (tertiary/aromatic N) is 2. The van der Waals surface area contributed by atoms with Gasteiger partial charge in [0.2, 0.25) is 5.91 Å². The molecular weight excluding hydrogens is 351 g/mol. The fourth-order valence-corrected chi connectivity index (χ4v) is 4.79. The van der Waals surface area contributed by atoms with Crippen LogP contribution < -0.4 is 0 Å². The van der Waals surface area contributed by atoms with E-state index in [4.69, 9.17) is 4.98 Å². The Balaban J connectivity index is 1.51. The first-order chi connectivity index (χ1) is 13.6. The summed E-state index contributed by atoms with van der Waals surface area (Å²) in [6, 6.07) is 11.1. The van der Waals surface area contributed by atoms with Crippen LogP contribution in [0, 0.1) is 18.7 Å². The zero-order valence-corrected chi connectivity index (χ0v) is 16.7. The normalized spacial score (nSPS) is 20.5. The lowest BCUT2D eigenvalue weighted by molar-refractivity contribution is -0.136. The summed E-state index contributed by atoms with van der Waals surface area (Å²) in [7, 11) is 0. The Labute approximate surface area is 167 Å². The van der Waals surface area contributed by atoms with Gasteiger partial charge in [-0.1, -0.05) is 31.0 Å². The van der Waals surface area contributed by atoms with Gasteiger partial charge in [-0.3, -0.25) is 9.78 Å². The summed E-state index contributed by atoms with van der Waals surface area (Å²) in [6.45, 7) is 3.64. The smallest absolute Gasteiger partial charge is 0.225 e. The highest BCUT2D eigenvalue weighted by Crippen LogP contribution is 2.31. The van der Waals surface area contributed by atoms with Gasteiger partial charge in [0, 0.05) is 42.7 Å². The number of aryl methyl sites for hydroxylation is 1. The molecule has 1 aromatic carbocycles. The van der Waals surface area contributed by atoms with Gasteiger partial charge in [0.05, 0.1) is 0 Å². The molecule has 28 heavy (non-hydrogen) atoms. The summed E-state index contributed by atoms with van der Waals surface area (Å²) in [6.07, 6.45) is 7.13. The third-order valence-electron chi connectivity index (χ3n) is 6.24. The standard InChI is InChI=1S/C24H29FN2O/c1-17-13-18(14-20-9-4-5-11-22(20)25)15-23(26-17)21-10-6-12-27(16-21)24(28)19-7-2-3-8-19/h4-5,9,11,13,15,19,21H,2-3,6-8,10,12,14,16H2,1H3/t21-/m0/s1. The molecule has 0 spiro atoms. The zero-order valence-electron chi connectivity index (χ0n) is 16.7. The maximum absolute atomic E-state index is 14.1. The van der Waals surface area contributed by atoms with E-state index in [1.165, 1.54) is 18.9 Å². The molecule has 0 unspecified atom stereocenters. The summed E-state index contributed by atoms with van der Waals surface area (Å²) < 4.78 is 14.1. The van der Waals surface area contributed by atoms with Crippen molar-refractivity contribution in [3.05, 3.63) is 64.7 Å². The summed E-state index contributed by atoms with van der Waals surface area (Å²) in [5.41, 5.74) is 3.81. The highest BCUT2D eigenvalue weighted by atomic mass is 19.1. The van der Waals surface area contributed by atoms with Crippen LogP contribution in [0.4, 0.5) is 4.39 Å². The molecule has 1 atom stereocenters. The molecule has 1 aliphatic heterocycles. The van der Waals surface area contributed by atoms with Gasteiger partial charge in [0.1, 0.15) is 5.82 Å². The van der Waals surface area contributed by atoms with E-state index in [0.29, 0.717) is 17.9 Å². The number of rotatable bonds is 4. The number of carbonyl (C=O) groups excluding carboxylic acids is 1. The molecule has 2 heterocycles. The Kier molecular flexibility index (Phi) is 5.74. The Morgan fingerprint density at radius 1 is 1.14 bits per heavy atom. The minimum Gasteiger partial charge on any atom is -0.342 e. The number of benzene rings is 1. The molecule has 1 saturated heterocycles. The van der Waals surface area contributed by atoms with E-state index in [0.717, 1.165) is 55.7 Å². The molecule has 1 aromatic heterocycles. The monoisotopic (exact) mass is 380 g/mol. The second kappa shape index (κ2) is 8.42. The van der Waals surface area contributed by atoms with Gasteiger partial charge in [0.25, 0.3) is 0 Å². The summed E-state index contributed by atoms with van der Waals surface area (Å²) in [5.74, 6) is 0.699. The van der Waals surface area contributed by atoms with Gasteiger partial charge < -0.3 is 4.90 Å². The molecule has 4 rings (SSSR count). The molecule has 0 N–H and O–H groups in total. The predicted octanol–water partition coefficient (Wildman–Crippen LogP) is 5.02. The van der Waals surface area contributed by atoms with Crippen molar-refractivity contribution in [1.82, 2.24) is 9.88 Å². The second-order valence-electron chi connectivity index (χ2n) is 8.41. The SMILES string of the molecule is Cc1cc(Cc2ccccc2F)cc([C@H]2CCCN(C(=O)C3CCCC3)C2)n1. The molecular formula is C24H29FN2O. The topological polar surface area (TPSA) is 33.2 Å². The molecule has 2 fully saturated rings. The van der Waals surface area contributed by atoms with Gasteiger partial charge in [-0.15, -0.1) is 0 Å².